The summed E-state index contributed by atoms with van der Waals surface area (Å²) in [6.45, 7) is 4.17. The van der Waals surface area contributed by atoms with Crippen LogP contribution in [0.5, 0.6) is 0 Å². The molecule has 0 unspecified atom stereocenters. The quantitative estimate of drug-likeness (QED) is 0.753. The zero-order valence-electron chi connectivity index (χ0n) is 14.3. The van der Waals surface area contributed by atoms with Crippen molar-refractivity contribution in [2.75, 3.05) is 11.9 Å². The second-order valence-electron chi connectivity index (χ2n) is 5.97. The molecule has 0 spiro atoms. The van der Waals surface area contributed by atoms with E-state index in [0.717, 1.165) is 5.56 Å². The van der Waals surface area contributed by atoms with Crippen molar-refractivity contribution in [3.63, 3.8) is 0 Å². The Kier molecular flexibility index (Phi) is 6.51. The Hall–Kier alpha value is -2.89. The lowest BCUT2D eigenvalue weighted by molar-refractivity contribution is 0.0954. The molecule has 0 bridgehead atoms. The van der Waals surface area contributed by atoms with Crippen LogP contribution < -0.4 is 16.0 Å². The van der Waals surface area contributed by atoms with E-state index in [2.05, 4.69) is 16.0 Å². The van der Waals surface area contributed by atoms with Gasteiger partial charge in [0.25, 0.3) is 5.91 Å². The van der Waals surface area contributed by atoms with Gasteiger partial charge in [0.2, 0.25) is 0 Å². The number of rotatable bonds is 6. The summed E-state index contributed by atoms with van der Waals surface area (Å²) < 4.78 is 12.9. The third-order valence-electron chi connectivity index (χ3n) is 3.41. The van der Waals surface area contributed by atoms with E-state index in [4.69, 9.17) is 0 Å². The Morgan fingerprint density at radius 1 is 1.08 bits per heavy atom. The number of hydrogen-bond acceptors (Lipinski definition) is 2. The fourth-order valence-corrected chi connectivity index (χ4v) is 2.24. The minimum absolute atomic E-state index is 0.0259. The molecular weight excluding hydrogens is 321 g/mol. The van der Waals surface area contributed by atoms with Gasteiger partial charge >= 0.3 is 6.03 Å². The molecule has 0 radical (unpaired) electrons. The van der Waals surface area contributed by atoms with Crippen LogP contribution in [0.3, 0.4) is 0 Å². The summed E-state index contributed by atoms with van der Waals surface area (Å²) in [4.78, 5) is 23.9. The zero-order valence-corrected chi connectivity index (χ0v) is 14.3. The molecule has 0 aromatic heterocycles. The molecule has 0 atom stereocenters. The lowest BCUT2D eigenvalue weighted by Gasteiger charge is -2.11. The molecule has 2 rings (SSSR count). The van der Waals surface area contributed by atoms with E-state index in [9.17, 15) is 14.0 Å². The second-order valence-corrected chi connectivity index (χ2v) is 5.97. The van der Waals surface area contributed by atoms with Gasteiger partial charge in [-0.3, -0.25) is 4.79 Å². The number of carbonyl (C=O) groups is 2. The van der Waals surface area contributed by atoms with Crippen molar-refractivity contribution in [1.82, 2.24) is 10.6 Å². The first-order valence-corrected chi connectivity index (χ1v) is 8.14. The highest BCUT2D eigenvalue weighted by atomic mass is 19.1. The van der Waals surface area contributed by atoms with Crippen molar-refractivity contribution >= 4 is 17.6 Å². The Morgan fingerprint density at radius 2 is 1.80 bits per heavy atom. The summed E-state index contributed by atoms with van der Waals surface area (Å²) in [5, 5.41) is 8.22. The summed E-state index contributed by atoms with van der Waals surface area (Å²) in [7, 11) is 0. The van der Waals surface area contributed by atoms with Gasteiger partial charge in [0, 0.05) is 23.8 Å². The maximum Gasteiger partial charge on any atom is 0.319 e. The molecule has 132 valence electrons. The zero-order chi connectivity index (χ0) is 18.2. The number of benzene rings is 2. The van der Waals surface area contributed by atoms with Gasteiger partial charge in [-0.05, 0) is 56.2 Å². The van der Waals surface area contributed by atoms with E-state index >= 15 is 0 Å². The average molecular weight is 343 g/mol. The van der Waals surface area contributed by atoms with Gasteiger partial charge in [-0.15, -0.1) is 0 Å². The molecule has 3 amide bonds. The Labute approximate surface area is 146 Å². The predicted octanol–water partition coefficient (Wildman–Crippen LogP) is 3.33. The molecule has 0 saturated carbocycles. The fraction of sp³-hybridized carbons (Fsp3) is 0.263. The first kappa shape index (κ1) is 18.4. The van der Waals surface area contributed by atoms with Crippen LogP contribution in [-0.4, -0.2) is 24.5 Å². The SMILES string of the molecule is CC(C)NC(=O)Nc1cccc(C(=O)NCCc2ccc(F)cc2)c1. The standard InChI is InChI=1S/C19H22FN3O2/c1-13(2)22-19(25)23-17-5-3-4-15(12-17)18(24)21-11-10-14-6-8-16(20)9-7-14/h3-9,12-13H,10-11H2,1-2H3,(H,21,24)(H2,22,23,25). The molecule has 2 aromatic rings. The third kappa shape index (κ3) is 6.25. The van der Waals surface area contributed by atoms with Crippen molar-refractivity contribution in [2.24, 2.45) is 0 Å². The summed E-state index contributed by atoms with van der Waals surface area (Å²) >= 11 is 0. The van der Waals surface area contributed by atoms with Crippen LogP contribution >= 0.6 is 0 Å². The number of halogens is 1. The maximum atomic E-state index is 12.9. The molecule has 3 N–H and O–H groups in total. The summed E-state index contributed by atoms with van der Waals surface area (Å²) in [6, 6.07) is 12.6. The van der Waals surface area contributed by atoms with E-state index in [-0.39, 0.29) is 23.8 Å². The van der Waals surface area contributed by atoms with Crippen LogP contribution in [-0.2, 0) is 6.42 Å². The van der Waals surface area contributed by atoms with Gasteiger partial charge in [0.05, 0.1) is 0 Å². The Bertz CT molecular complexity index is 730. The molecular formula is C19H22FN3O2. The molecule has 25 heavy (non-hydrogen) atoms. The van der Waals surface area contributed by atoms with Crippen LogP contribution in [0.2, 0.25) is 0 Å². The predicted molar refractivity (Wildman–Crippen MR) is 96.2 cm³/mol. The van der Waals surface area contributed by atoms with Crippen molar-refractivity contribution in [3.8, 4) is 0 Å². The molecule has 0 fully saturated rings. The van der Waals surface area contributed by atoms with Gasteiger partial charge in [0.1, 0.15) is 5.82 Å². The van der Waals surface area contributed by atoms with Crippen LogP contribution in [0, 0.1) is 5.82 Å². The topological polar surface area (TPSA) is 70.2 Å². The molecule has 6 heteroatoms. The molecule has 0 saturated heterocycles. The van der Waals surface area contributed by atoms with Crippen LogP contribution in [0.4, 0.5) is 14.9 Å². The summed E-state index contributed by atoms with van der Waals surface area (Å²) in [5.74, 6) is -0.506. The molecule has 5 nitrogen and oxygen atoms in total. The van der Waals surface area contributed by atoms with Crippen LogP contribution in [0.15, 0.2) is 48.5 Å². The van der Waals surface area contributed by atoms with Crippen molar-refractivity contribution in [1.29, 1.82) is 0 Å². The molecule has 0 aliphatic rings. The van der Waals surface area contributed by atoms with Gasteiger partial charge < -0.3 is 16.0 Å². The number of nitrogens with one attached hydrogen (secondary N) is 3. The minimum Gasteiger partial charge on any atom is -0.352 e. The molecule has 0 aliphatic heterocycles. The van der Waals surface area contributed by atoms with E-state index in [1.165, 1.54) is 12.1 Å². The summed E-state index contributed by atoms with van der Waals surface area (Å²) in [6.07, 6.45) is 0.612. The first-order chi connectivity index (χ1) is 11.9. The van der Waals surface area contributed by atoms with Gasteiger partial charge in [-0.25, -0.2) is 9.18 Å². The second kappa shape index (κ2) is 8.82. The number of urea groups is 1. The minimum atomic E-state index is -0.316. The molecule has 2 aromatic carbocycles. The van der Waals surface area contributed by atoms with E-state index in [1.54, 1.807) is 36.4 Å². The number of carbonyl (C=O) groups excluding carboxylic acids is 2. The lowest BCUT2D eigenvalue weighted by Crippen LogP contribution is -2.34. The highest BCUT2D eigenvalue weighted by molar-refractivity contribution is 5.96. The Balaban J connectivity index is 1.87. The smallest absolute Gasteiger partial charge is 0.319 e. The average Bonchev–Trinajstić information content (AvgIpc) is 2.56. The molecule has 0 heterocycles. The van der Waals surface area contributed by atoms with Gasteiger partial charge in [-0.2, -0.15) is 0 Å². The lowest BCUT2D eigenvalue weighted by atomic mass is 10.1. The van der Waals surface area contributed by atoms with Crippen LogP contribution in [0.25, 0.3) is 0 Å². The monoisotopic (exact) mass is 343 g/mol. The van der Waals surface area contributed by atoms with E-state index in [1.807, 2.05) is 13.8 Å². The number of amides is 3. The largest absolute Gasteiger partial charge is 0.352 e. The fourth-order valence-electron chi connectivity index (χ4n) is 2.24. The number of anilines is 1. The van der Waals surface area contributed by atoms with Crippen molar-refractivity contribution < 1.29 is 14.0 Å². The van der Waals surface area contributed by atoms with Gasteiger partial charge in [0.15, 0.2) is 0 Å². The number of hydrogen-bond donors (Lipinski definition) is 3. The molecule has 0 aliphatic carbocycles. The first-order valence-electron chi connectivity index (χ1n) is 8.14. The van der Waals surface area contributed by atoms with Crippen molar-refractivity contribution in [3.05, 3.63) is 65.5 Å². The maximum absolute atomic E-state index is 12.9. The van der Waals surface area contributed by atoms with Gasteiger partial charge in [-0.1, -0.05) is 18.2 Å². The van der Waals surface area contributed by atoms with E-state index < -0.39 is 0 Å². The third-order valence-corrected chi connectivity index (χ3v) is 3.41. The van der Waals surface area contributed by atoms with Crippen molar-refractivity contribution in [2.45, 2.75) is 26.3 Å². The summed E-state index contributed by atoms with van der Waals surface area (Å²) in [5.41, 5.74) is 1.95. The van der Waals surface area contributed by atoms with Crippen LogP contribution in [0.1, 0.15) is 29.8 Å². The highest BCUT2D eigenvalue weighted by Gasteiger charge is 2.08. The van der Waals surface area contributed by atoms with E-state index in [0.29, 0.717) is 24.2 Å². The highest BCUT2D eigenvalue weighted by Crippen LogP contribution is 2.11. The Morgan fingerprint density at radius 3 is 2.48 bits per heavy atom. The normalized spacial score (nSPS) is 10.4.